The smallest absolute Gasteiger partial charge is 0.236 e. The van der Waals surface area contributed by atoms with Crippen LogP contribution in [0.5, 0.6) is 0 Å². The largest absolute Gasteiger partial charge is 0.348 e. The van der Waals surface area contributed by atoms with Crippen molar-refractivity contribution in [3.8, 4) is 0 Å². The summed E-state index contributed by atoms with van der Waals surface area (Å²) in [6.45, 7) is 6.03. The molecule has 2 rings (SSSR count). The van der Waals surface area contributed by atoms with Gasteiger partial charge in [-0.2, -0.15) is 0 Å². The standard InChI is InChI=1S/C16H32N4O/c1-13(19(4)15-5-6-15)11-17-14-7-9-20(10-8-14)12-16(21)18(2)3/h13-15,17H,5-12H2,1-4H3. The summed E-state index contributed by atoms with van der Waals surface area (Å²) in [6.07, 6.45) is 5.05. The first-order chi connectivity index (χ1) is 9.97. The van der Waals surface area contributed by atoms with E-state index >= 15 is 0 Å². The van der Waals surface area contributed by atoms with Crippen molar-refractivity contribution in [2.45, 2.75) is 50.7 Å². The molecule has 1 aliphatic heterocycles. The maximum Gasteiger partial charge on any atom is 0.236 e. The lowest BCUT2D eigenvalue weighted by Gasteiger charge is -2.34. The molecule has 0 radical (unpaired) electrons. The molecule has 1 heterocycles. The first kappa shape index (κ1) is 16.7. The summed E-state index contributed by atoms with van der Waals surface area (Å²) in [4.78, 5) is 18.2. The molecule has 1 N–H and O–H groups in total. The number of rotatable bonds is 7. The average molecular weight is 296 g/mol. The van der Waals surface area contributed by atoms with Gasteiger partial charge in [0.15, 0.2) is 0 Å². The van der Waals surface area contributed by atoms with E-state index in [-0.39, 0.29) is 5.91 Å². The van der Waals surface area contributed by atoms with Crippen LogP contribution in [-0.2, 0) is 4.79 Å². The van der Waals surface area contributed by atoms with Gasteiger partial charge < -0.3 is 10.2 Å². The predicted octanol–water partition coefficient (Wildman–Crippen LogP) is 0.611. The molecule has 1 atom stereocenters. The third-order valence-electron chi connectivity index (χ3n) is 4.97. The second-order valence-electron chi connectivity index (χ2n) is 6.99. The predicted molar refractivity (Wildman–Crippen MR) is 86.4 cm³/mol. The summed E-state index contributed by atoms with van der Waals surface area (Å²) in [5, 5.41) is 3.72. The third-order valence-corrected chi connectivity index (χ3v) is 4.97. The zero-order valence-electron chi connectivity index (χ0n) is 14.1. The molecule has 1 saturated carbocycles. The number of amides is 1. The van der Waals surface area contributed by atoms with Gasteiger partial charge in [0, 0.05) is 51.9 Å². The summed E-state index contributed by atoms with van der Waals surface area (Å²) in [6, 6.07) is 2.07. The summed E-state index contributed by atoms with van der Waals surface area (Å²) in [7, 11) is 5.91. The van der Waals surface area contributed by atoms with Crippen molar-refractivity contribution < 1.29 is 4.79 Å². The van der Waals surface area contributed by atoms with Gasteiger partial charge >= 0.3 is 0 Å². The fourth-order valence-corrected chi connectivity index (χ4v) is 2.95. The molecule has 5 nitrogen and oxygen atoms in total. The Morgan fingerprint density at radius 2 is 1.81 bits per heavy atom. The minimum atomic E-state index is 0.209. The van der Waals surface area contributed by atoms with Crippen molar-refractivity contribution in [1.82, 2.24) is 20.0 Å². The first-order valence-electron chi connectivity index (χ1n) is 8.35. The molecule has 1 unspecified atom stereocenters. The number of likely N-dealkylation sites (N-methyl/N-ethyl adjacent to an activating group) is 2. The van der Waals surface area contributed by atoms with Crippen LogP contribution in [0.2, 0.25) is 0 Å². The van der Waals surface area contributed by atoms with Crippen LogP contribution in [0.1, 0.15) is 32.6 Å². The molecule has 0 aromatic carbocycles. The molecule has 5 heteroatoms. The van der Waals surface area contributed by atoms with Crippen LogP contribution in [0.15, 0.2) is 0 Å². The van der Waals surface area contributed by atoms with E-state index < -0.39 is 0 Å². The monoisotopic (exact) mass is 296 g/mol. The highest BCUT2D eigenvalue weighted by Gasteiger charge is 2.29. The number of hydrogen-bond acceptors (Lipinski definition) is 4. The molecule has 0 aromatic rings. The highest BCUT2D eigenvalue weighted by molar-refractivity contribution is 5.77. The number of hydrogen-bond donors (Lipinski definition) is 1. The molecule has 1 amide bonds. The second-order valence-corrected chi connectivity index (χ2v) is 6.99. The summed E-state index contributed by atoms with van der Waals surface area (Å²) >= 11 is 0. The van der Waals surface area contributed by atoms with E-state index in [1.807, 2.05) is 14.1 Å². The normalized spacial score (nSPS) is 22.5. The minimum absolute atomic E-state index is 0.209. The summed E-state index contributed by atoms with van der Waals surface area (Å²) in [5.74, 6) is 0.209. The second kappa shape index (κ2) is 7.56. The number of carbonyl (C=O) groups is 1. The molecule has 0 bridgehead atoms. The van der Waals surface area contributed by atoms with Gasteiger partial charge in [0.1, 0.15) is 0 Å². The lowest BCUT2D eigenvalue weighted by molar-refractivity contribution is -0.130. The average Bonchev–Trinajstić information content (AvgIpc) is 3.29. The van der Waals surface area contributed by atoms with Crippen LogP contribution >= 0.6 is 0 Å². The van der Waals surface area contributed by atoms with E-state index in [0.29, 0.717) is 18.6 Å². The highest BCUT2D eigenvalue weighted by Crippen LogP contribution is 2.26. The van der Waals surface area contributed by atoms with E-state index in [1.165, 1.54) is 12.8 Å². The maximum absolute atomic E-state index is 11.7. The van der Waals surface area contributed by atoms with E-state index in [4.69, 9.17) is 0 Å². The van der Waals surface area contributed by atoms with Crippen molar-refractivity contribution in [3.05, 3.63) is 0 Å². The van der Waals surface area contributed by atoms with Crippen LogP contribution in [0, 0.1) is 0 Å². The summed E-state index contributed by atoms with van der Waals surface area (Å²) in [5.41, 5.74) is 0. The van der Waals surface area contributed by atoms with Gasteiger partial charge in [-0.15, -0.1) is 0 Å². The maximum atomic E-state index is 11.7. The first-order valence-corrected chi connectivity index (χ1v) is 8.35. The zero-order chi connectivity index (χ0) is 15.4. The lowest BCUT2D eigenvalue weighted by Crippen LogP contribution is -2.48. The number of nitrogens with one attached hydrogen (secondary N) is 1. The molecule has 21 heavy (non-hydrogen) atoms. The molecule has 2 aliphatic rings. The van der Waals surface area contributed by atoms with E-state index in [9.17, 15) is 4.79 Å². The Morgan fingerprint density at radius 1 is 1.19 bits per heavy atom. The molecule has 0 spiro atoms. The topological polar surface area (TPSA) is 38.8 Å². The van der Waals surface area contributed by atoms with Gasteiger partial charge in [0.2, 0.25) is 5.91 Å². The Bertz CT molecular complexity index is 335. The minimum Gasteiger partial charge on any atom is -0.348 e. The van der Waals surface area contributed by atoms with Crippen molar-refractivity contribution >= 4 is 5.91 Å². The molecule has 0 aromatic heterocycles. The highest BCUT2D eigenvalue weighted by atomic mass is 16.2. The van der Waals surface area contributed by atoms with Gasteiger partial charge in [-0.05, 0) is 39.7 Å². The Morgan fingerprint density at radius 3 is 2.33 bits per heavy atom. The SMILES string of the molecule is CC(CNC1CCN(CC(=O)N(C)C)CC1)N(C)C1CC1. The molecule has 2 fully saturated rings. The van der Waals surface area contributed by atoms with Crippen molar-refractivity contribution in [2.75, 3.05) is 47.3 Å². The van der Waals surface area contributed by atoms with E-state index in [2.05, 4.69) is 29.1 Å². The van der Waals surface area contributed by atoms with Crippen molar-refractivity contribution in [3.63, 3.8) is 0 Å². The van der Waals surface area contributed by atoms with Crippen LogP contribution in [0.25, 0.3) is 0 Å². The van der Waals surface area contributed by atoms with Crippen LogP contribution in [0.3, 0.4) is 0 Å². The Labute approximate surface area is 129 Å². The lowest BCUT2D eigenvalue weighted by atomic mass is 10.0. The van der Waals surface area contributed by atoms with Gasteiger partial charge in [0.25, 0.3) is 0 Å². The van der Waals surface area contributed by atoms with Gasteiger partial charge in [0.05, 0.1) is 6.54 Å². The molecular formula is C16H32N4O. The van der Waals surface area contributed by atoms with Crippen LogP contribution < -0.4 is 5.32 Å². The fraction of sp³-hybridized carbons (Fsp3) is 0.938. The number of nitrogens with zero attached hydrogens (tertiary/aromatic N) is 3. The Hall–Kier alpha value is -0.650. The quantitative estimate of drug-likeness (QED) is 0.747. The van der Waals surface area contributed by atoms with E-state index in [1.54, 1.807) is 4.90 Å². The fourth-order valence-electron chi connectivity index (χ4n) is 2.95. The van der Waals surface area contributed by atoms with Crippen LogP contribution in [-0.4, -0.2) is 86.1 Å². The van der Waals surface area contributed by atoms with Crippen molar-refractivity contribution in [2.24, 2.45) is 0 Å². The third kappa shape index (κ3) is 5.24. The Balaban J connectivity index is 1.61. The molecule has 122 valence electrons. The summed E-state index contributed by atoms with van der Waals surface area (Å²) < 4.78 is 0. The van der Waals surface area contributed by atoms with E-state index in [0.717, 1.165) is 38.5 Å². The zero-order valence-corrected chi connectivity index (χ0v) is 14.1. The number of carbonyl (C=O) groups excluding carboxylic acids is 1. The van der Waals surface area contributed by atoms with Gasteiger partial charge in [-0.25, -0.2) is 0 Å². The molecular weight excluding hydrogens is 264 g/mol. The number of likely N-dealkylation sites (tertiary alicyclic amines) is 1. The molecule has 1 saturated heterocycles. The Kier molecular flexibility index (Phi) is 6.02. The van der Waals surface area contributed by atoms with Gasteiger partial charge in [-0.1, -0.05) is 0 Å². The van der Waals surface area contributed by atoms with Gasteiger partial charge in [-0.3, -0.25) is 14.6 Å². The van der Waals surface area contributed by atoms with Crippen molar-refractivity contribution in [1.29, 1.82) is 0 Å². The molecule has 1 aliphatic carbocycles. The van der Waals surface area contributed by atoms with Crippen LogP contribution in [0.4, 0.5) is 0 Å². The number of piperidine rings is 1.